The fourth-order valence-electron chi connectivity index (χ4n) is 8.24. The van der Waals surface area contributed by atoms with Crippen molar-refractivity contribution in [3.05, 3.63) is 11.6 Å². The van der Waals surface area contributed by atoms with Crippen molar-refractivity contribution in [3.63, 3.8) is 0 Å². The first-order valence-electron chi connectivity index (χ1n) is 14.3. The van der Waals surface area contributed by atoms with E-state index in [1.165, 1.54) is 31.3 Å². The third-order valence-electron chi connectivity index (χ3n) is 10.4. The minimum atomic E-state index is -0.591. The molecule has 6 atom stereocenters. The SMILES string of the molecule is CCCCCCCCCC(=O)C(=O)O[C@H]1CC[C@H]2[C@@H]3CCC4=CC(=O)CC[C@]4(C)[C@H]3CC[C@]12C. The zero-order valence-corrected chi connectivity index (χ0v) is 21.8. The van der Waals surface area contributed by atoms with E-state index in [-0.39, 0.29) is 22.7 Å². The molecule has 4 heteroatoms. The quantitative estimate of drug-likeness (QED) is 0.193. The second kappa shape index (κ2) is 10.7. The molecule has 34 heavy (non-hydrogen) atoms. The first-order chi connectivity index (χ1) is 16.3. The van der Waals surface area contributed by atoms with Crippen LogP contribution >= 0.6 is 0 Å². The number of hydrogen-bond acceptors (Lipinski definition) is 4. The number of fused-ring (bicyclic) bond motifs is 5. The zero-order valence-electron chi connectivity index (χ0n) is 21.8. The van der Waals surface area contributed by atoms with E-state index in [9.17, 15) is 14.4 Å². The van der Waals surface area contributed by atoms with Crippen molar-refractivity contribution in [2.75, 3.05) is 0 Å². The fourth-order valence-corrected chi connectivity index (χ4v) is 8.24. The third-order valence-corrected chi connectivity index (χ3v) is 10.4. The first kappa shape index (κ1) is 25.6. The average molecular weight is 471 g/mol. The average Bonchev–Trinajstić information content (AvgIpc) is 3.14. The highest BCUT2D eigenvalue weighted by Crippen LogP contribution is 2.65. The Hall–Kier alpha value is -1.45. The van der Waals surface area contributed by atoms with Gasteiger partial charge < -0.3 is 4.74 Å². The summed E-state index contributed by atoms with van der Waals surface area (Å²) in [6.45, 7) is 6.93. The Kier molecular flexibility index (Phi) is 8.04. The molecule has 0 saturated heterocycles. The lowest BCUT2D eigenvalue weighted by molar-refractivity contribution is -0.166. The molecule has 0 aliphatic heterocycles. The van der Waals surface area contributed by atoms with Crippen LogP contribution in [0.25, 0.3) is 0 Å². The molecule has 3 saturated carbocycles. The van der Waals surface area contributed by atoms with E-state index in [0.29, 0.717) is 36.4 Å². The van der Waals surface area contributed by atoms with Crippen molar-refractivity contribution in [1.29, 1.82) is 0 Å². The van der Waals surface area contributed by atoms with Crippen LogP contribution in [0.2, 0.25) is 0 Å². The number of ether oxygens (including phenoxy) is 1. The second-order valence-corrected chi connectivity index (χ2v) is 12.3. The van der Waals surface area contributed by atoms with Crippen LogP contribution in [0.5, 0.6) is 0 Å². The molecule has 4 aliphatic rings. The lowest BCUT2D eigenvalue weighted by Crippen LogP contribution is -2.51. The lowest BCUT2D eigenvalue weighted by atomic mass is 9.47. The summed E-state index contributed by atoms with van der Waals surface area (Å²) >= 11 is 0. The summed E-state index contributed by atoms with van der Waals surface area (Å²) in [5.41, 5.74) is 1.54. The highest BCUT2D eigenvalue weighted by atomic mass is 16.5. The number of carbonyl (C=O) groups excluding carboxylic acids is 3. The highest BCUT2D eigenvalue weighted by molar-refractivity contribution is 6.33. The molecule has 3 fully saturated rings. The molecule has 4 nitrogen and oxygen atoms in total. The minimum Gasteiger partial charge on any atom is -0.456 e. The van der Waals surface area contributed by atoms with E-state index < -0.39 is 5.97 Å². The van der Waals surface area contributed by atoms with E-state index in [4.69, 9.17) is 4.74 Å². The largest absolute Gasteiger partial charge is 0.456 e. The summed E-state index contributed by atoms with van der Waals surface area (Å²) in [4.78, 5) is 37.2. The summed E-state index contributed by atoms with van der Waals surface area (Å²) in [5.74, 6) is 1.21. The summed E-state index contributed by atoms with van der Waals surface area (Å²) in [5, 5.41) is 0. The summed E-state index contributed by atoms with van der Waals surface area (Å²) in [6, 6.07) is 0. The second-order valence-electron chi connectivity index (χ2n) is 12.3. The van der Waals surface area contributed by atoms with Crippen molar-refractivity contribution < 1.29 is 19.1 Å². The lowest BCUT2D eigenvalue weighted by Gasteiger charge is -2.57. The van der Waals surface area contributed by atoms with Crippen LogP contribution in [-0.4, -0.2) is 23.6 Å². The Bertz CT molecular complexity index is 813. The number of Topliss-reactive ketones (excluding diaryl/α,β-unsaturated/α-hetero) is 1. The molecule has 190 valence electrons. The van der Waals surface area contributed by atoms with Gasteiger partial charge in [0.15, 0.2) is 5.78 Å². The molecular formula is C30H46O4. The van der Waals surface area contributed by atoms with Gasteiger partial charge >= 0.3 is 5.97 Å². The fraction of sp³-hybridized carbons (Fsp3) is 0.833. The van der Waals surface area contributed by atoms with Crippen LogP contribution in [0.1, 0.15) is 124 Å². The minimum absolute atomic E-state index is 0.0154. The van der Waals surface area contributed by atoms with Gasteiger partial charge in [-0.15, -0.1) is 0 Å². The van der Waals surface area contributed by atoms with E-state index in [0.717, 1.165) is 64.2 Å². The predicted octanol–water partition coefficient (Wildman–Crippen LogP) is 7.14. The van der Waals surface area contributed by atoms with E-state index >= 15 is 0 Å². The van der Waals surface area contributed by atoms with Gasteiger partial charge in [0.2, 0.25) is 5.78 Å². The van der Waals surface area contributed by atoms with Gasteiger partial charge in [-0.1, -0.05) is 64.9 Å². The Morgan fingerprint density at radius 2 is 1.65 bits per heavy atom. The molecule has 0 bridgehead atoms. The molecule has 4 aliphatic carbocycles. The Labute approximate surface area is 206 Å². The maximum Gasteiger partial charge on any atom is 0.374 e. The van der Waals surface area contributed by atoms with Crippen molar-refractivity contribution in [1.82, 2.24) is 0 Å². The Morgan fingerprint density at radius 3 is 2.41 bits per heavy atom. The van der Waals surface area contributed by atoms with Gasteiger partial charge in [-0.05, 0) is 80.6 Å². The first-order valence-corrected chi connectivity index (χ1v) is 14.3. The molecule has 0 aromatic rings. The van der Waals surface area contributed by atoms with Crippen LogP contribution in [0, 0.1) is 28.6 Å². The maximum absolute atomic E-state index is 12.7. The van der Waals surface area contributed by atoms with Crippen LogP contribution in [0.3, 0.4) is 0 Å². The number of carbonyl (C=O) groups is 3. The zero-order chi connectivity index (χ0) is 24.3. The molecule has 0 N–H and O–H groups in total. The Balaban J connectivity index is 1.31. The number of ketones is 2. The molecular weight excluding hydrogens is 424 g/mol. The van der Waals surface area contributed by atoms with Crippen molar-refractivity contribution in [2.45, 2.75) is 130 Å². The molecule has 0 aromatic carbocycles. The number of allylic oxidation sites excluding steroid dienone is 1. The van der Waals surface area contributed by atoms with Gasteiger partial charge in [0.05, 0.1) is 0 Å². The van der Waals surface area contributed by atoms with E-state index in [2.05, 4.69) is 20.8 Å². The van der Waals surface area contributed by atoms with Gasteiger partial charge in [-0.2, -0.15) is 0 Å². The smallest absolute Gasteiger partial charge is 0.374 e. The van der Waals surface area contributed by atoms with Crippen LogP contribution in [-0.2, 0) is 19.1 Å². The van der Waals surface area contributed by atoms with Crippen molar-refractivity contribution >= 4 is 17.5 Å². The molecule has 0 aromatic heterocycles. The van der Waals surface area contributed by atoms with Crippen LogP contribution in [0.15, 0.2) is 11.6 Å². The monoisotopic (exact) mass is 470 g/mol. The van der Waals surface area contributed by atoms with Crippen molar-refractivity contribution in [2.24, 2.45) is 28.6 Å². The normalized spacial score (nSPS) is 36.8. The Morgan fingerprint density at radius 1 is 0.912 bits per heavy atom. The third kappa shape index (κ3) is 4.93. The van der Waals surface area contributed by atoms with E-state index in [1.54, 1.807) is 0 Å². The predicted molar refractivity (Wildman–Crippen MR) is 134 cm³/mol. The van der Waals surface area contributed by atoms with Gasteiger partial charge in [-0.25, -0.2) is 4.79 Å². The molecule has 0 spiro atoms. The maximum atomic E-state index is 12.7. The van der Waals surface area contributed by atoms with Crippen LogP contribution in [0.4, 0.5) is 0 Å². The van der Waals surface area contributed by atoms with Crippen molar-refractivity contribution in [3.8, 4) is 0 Å². The molecule has 0 unspecified atom stereocenters. The van der Waals surface area contributed by atoms with Gasteiger partial charge in [0, 0.05) is 18.3 Å². The number of esters is 1. The van der Waals surface area contributed by atoms with Crippen LogP contribution < -0.4 is 0 Å². The highest BCUT2D eigenvalue weighted by Gasteiger charge is 2.60. The molecule has 0 amide bonds. The molecule has 4 rings (SSSR count). The summed E-state index contributed by atoms with van der Waals surface area (Å²) in [6.07, 6.45) is 18.2. The topological polar surface area (TPSA) is 60.4 Å². The molecule has 0 heterocycles. The van der Waals surface area contributed by atoms with Gasteiger partial charge in [0.1, 0.15) is 6.10 Å². The molecule has 0 radical (unpaired) electrons. The number of unbranched alkanes of at least 4 members (excludes halogenated alkanes) is 6. The summed E-state index contributed by atoms with van der Waals surface area (Å²) < 4.78 is 5.94. The van der Waals surface area contributed by atoms with E-state index in [1.807, 2.05) is 6.08 Å². The van der Waals surface area contributed by atoms with Gasteiger partial charge in [-0.3, -0.25) is 9.59 Å². The van der Waals surface area contributed by atoms with Gasteiger partial charge in [0.25, 0.3) is 0 Å². The number of hydrogen-bond donors (Lipinski definition) is 0. The standard InChI is InChI=1S/C30H46O4/c1-4-5-6-7-8-9-10-11-26(32)28(33)34-27-15-14-24-23-13-12-21-20-22(31)16-18-29(21,2)25(23)17-19-30(24,27)3/h20,23-25,27H,4-19H2,1-3H3/t23-,24-,25-,27-,29-,30-/m0/s1. The number of rotatable bonds is 10. The summed E-state index contributed by atoms with van der Waals surface area (Å²) in [7, 11) is 0.